The van der Waals surface area contributed by atoms with Gasteiger partial charge < -0.3 is 10.2 Å². The summed E-state index contributed by atoms with van der Waals surface area (Å²) in [7, 11) is -3.66. The van der Waals surface area contributed by atoms with Gasteiger partial charge in [0.1, 0.15) is 6.04 Å². The van der Waals surface area contributed by atoms with Gasteiger partial charge in [-0.15, -0.1) is 0 Å². The molecule has 192 valence electrons. The van der Waals surface area contributed by atoms with E-state index in [2.05, 4.69) is 5.32 Å². The van der Waals surface area contributed by atoms with Crippen molar-refractivity contribution in [3.05, 3.63) is 64.1 Å². The predicted octanol–water partition coefficient (Wildman–Crippen LogP) is 4.53. The third-order valence-electron chi connectivity index (χ3n) is 5.55. The fourth-order valence-electron chi connectivity index (χ4n) is 3.85. The van der Waals surface area contributed by atoms with Crippen molar-refractivity contribution in [2.75, 3.05) is 30.2 Å². The molecule has 0 aromatic heterocycles. The van der Waals surface area contributed by atoms with Gasteiger partial charge in [0.25, 0.3) is 0 Å². The summed E-state index contributed by atoms with van der Waals surface area (Å²) in [6.45, 7) is 4.61. The van der Waals surface area contributed by atoms with Crippen LogP contribution in [0.3, 0.4) is 0 Å². The molecular formula is C25H33Cl2N3O4S. The van der Waals surface area contributed by atoms with Crippen LogP contribution in [0.5, 0.6) is 0 Å². The Bertz CT molecular complexity index is 1100. The van der Waals surface area contributed by atoms with Crippen LogP contribution in [-0.2, 0) is 26.0 Å². The molecule has 7 nitrogen and oxygen atoms in total. The lowest BCUT2D eigenvalue weighted by molar-refractivity contribution is -0.140. The first-order chi connectivity index (χ1) is 16.6. The minimum absolute atomic E-state index is 0.0507. The molecule has 2 amide bonds. The number of anilines is 1. The van der Waals surface area contributed by atoms with E-state index < -0.39 is 16.1 Å². The second-order valence-electron chi connectivity index (χ2n) is 8.18. The SMILES string of the molecule is CCNC(=O)[C@H](CC)N(CCc1ccccc1)C(=O)CCCN(c1cc(Cl)ccc1Cl)S(C)(=O)=O. The van der Waals surface area contributed by atoms with Crippen molar-refractivity contribution < 1.29 is 18.0 Å². The number of sulfonamides is 1. The molecule has 2 aromatic carbocycles. The number of hydrogen-bond acceptors (Lipinski definition) is 4. The van der Waals surface area contributed by atoms with Crippen molar-refractivity contribution in [1.29, 1.82) is 0 Å². The highest BCUT2D eigenvalue weighted by Crippen LogP contribution is 2.31. The summed E-state index contributed by atoms with van der Waals surface area (Å²) in [4.78, 5) is 27.6. The molecule has 0 radical (unpaired) electrons. The second-order valence-corrected chi connectivity index (χ2v) is 10.9. The molecule has 0 bridgehead atoms. The first-order valence-corrected chi connectivity index (χ1v) is 14.2. The normalized spacial score (nSPS) is 12.1. The van der Waals surface area contributed by atoms with E-state index in [1.807, 2.05) is 44.2 Å². The molecule has 0 aliphatic heterocycles. The minimum atomic E-state index is -3.66. The van der Waals surface area contributed by atoms with Crippen LogP contribution in [0.15, 0.2) is 48.5 Å². The van der Waals surface area contributed by atoms with Crippen LogP contribution in [0.1, 0.15) is 38.7 Å². The van der Waals surface area contributed by atoms with Gasteiger partial charge in [-0.25, -0.2) is 8.42 Å². The third kappa shape index (κ3) is 8.70. The van der Waals surface area contributed by atoms with E-state index in [0.29, 0.717) is 31.0 Å². The van der Waals surface area contributed by atoms with Crippen molar-refractivity contribution in [2.45, 2.75) is 45.6 Å². The van der Waals surface area contributed by atoms with E-state index in [1.54, 1.807) is 11.0 Å². The Morgan fingerprint density at radius 2 is 1.71 bits per heavy atom. The number of benzene rings is 2. The summed E-state index contributed by atoms with van der Waals surface area (Å²) in [6, 6.07) is 13.8. The van der Waals surface area contributed by atoms with Gasteiger partial charge in [0, 0.05) is 31.1 Å². The smallest absolute Gasteiger partial charge is 0.242 e. The zero-order chi connectivity index (χ0) is 26.0. The lowest BCUT2D eigenvalue weighted by Crippen LogP contribution is -2.50. The van der Waals surface area contributed by atoms with Crippen molar-refractivity contribution in [1.82, 2.24) is 10.2 Å². The summed E-state index contributed by atoms with van der Waals surface area (Å²) in [5.74, 6) is -0.399. The van der Waals surface area contributed by atoms with Crippen LogP contribution in [0.25, 0.3) is 0 Å². The summed E-state index contributed by atoms with van der Waals surface area (Å²) in [6.07, 6.45) is 2.49. The Hall–Kier alpha value is -2.29. The minimum Gasteiger partial charge on any atom is -0.355 e. The maximum absolute atomic E-state index is 13.3. The highest BCUT2D eigenvalue weighted by molar-refractivity contribution is 7.92. The fraction of sp³-hybridized carbons (Fsp3) is 0.440. The quantitative estimate of drug-likeness (QED) is 0.403. The molecule has 0 aliphatic rings. The van der Waals surface area contributed by atoms with Crippen LogP contribution in [0, 0.1) is 0 Å². The summed E-state index contributed by atoms with van der Waals surface area (Å²) in [5, 5.41) is 3.41. The lowest BCUT2D eigenvalue weighted by Gasteiger charge is -2.31. The molecule has 0 aliphatic carbocycles. The molecule has 0 unspecified atom stereocenters. The number of nitrogens with zero attached hydrogens (tertiary/aromatic N) is 2. The number of amides is 2. The molecule has 2 aromatic rings. The van der Waals surface area contributed by atoms with Crippen molar-refractivity contribution >= 4 is 50.7 Å². The molecule has 0 heterocycles. The zero-order valence-corrected chi connectivity index (χ0v) is 22.7. The molecule has 1 atom stereocenters. The highest BCUT2D eigenvalue weighted by Gasteiger charge is 2.28. The summed E-state index contributed by atoms with van der Waals surface area (Å²) < 4.78 is 26.1. The Morgan fingerprint density at radius 1 is 1.03 bits per heavy atom. The number of nitrogens with one attached hydrogen (secondary N) is 1. The molecule has 0 spiro atoms. The first-order valence-electron chi connectivity index (χ1n) is 11.6. The maximum Gasteiger partial charge on any atom is 0.242 e. The van der Waals surface area contributed by atoms with Gasteiger partial charge in [-0.1, -0.05) is 60.5 Å². The number of rotatable bonds is 13. The standard InChI is InChI=1S/C25H33Cl2N3O4S/c1-4-22(25(32)28-5-2)29(17-15-19-10-7-6-8-11-19)24(31)12-9-16-30(35(3,33)34)23-18-20(26)13-14-21(23)27/h6-8,10-11,13-14,18,22H,4-5,9,12,15-17H2,1-3H3,(H,28,32)/t22-/m0/s1. The maximum atomic E-state index is 13.3. The molecule has 1 N–H and O–H groups in total. The molecule has 35 heavy (non-hydrogen) atoms. The Balaban J connectivity index is 2.17. The van der Waals surface area contributed by atoms with Gasteiger partial charge in [0.2, 0.25) is 21.8 Å². The van der Waals surface area contributed by atoms with E-state index in [1.165, 1.54) is 12.1 Å². The van der Waals surface area contributed by atoms with Gasteiger partial charge in [0.05, 0.1) is 17.0 Å². The van der Waals surface area contributed by atoms with Crippen molar-refractivity contribution in [3.63, 3.8) is 0 Å². The van der Waals surface area contributed by atoms with Crippen LogP contribution < -0.4 is 9.62 Å². The second kappa shape index (κ2) is 13.7. The fourth-order valence-corrected chi connectivity index (χ4v) is 5.25. The third-order valence-corrected chi connectivity index (χ3v) is 7.28. The van der Waals surface area contributed by atoms with Gasteiger partial charge >= 0.3 is 0 Å². The van der Waals surface area contributed by atoms with Gasteiger partial charge in [-0.3, -0.25) is 13.9 Å². The van der Waals surface area contributed by atoms with Crippen molar-refractivity contribution in [3.8, 4) is 0 Å². The number of carbonyl (C=O) groups is 2. The number of hydrogen-bond donors (Lipinski definition) is 1. The van der Waals surface area contributed by atoms with E-state index >= 15 is 0 Å². The average Bonchev–Trinajstić information content (AvgIpc) is 2.81. The van der Waals surface area contributed by atoms with E-state index in [9.17, 15) is 18.0 Å². The summed E-state index contributed by atoms with van der Waals surface area (Å²) >= 11 is 12.3. The van der Waals surface area contributed by atoms with E-state index in [4.69, 9.17) is 23.2 Å². The van der Waals surface area contributed by atoms with Gasteiger partial charge in [-0.05, 0) is 49.9 Å². The number of halogens is 2. The van der Waals surface area contributed by atoms with Crippen molar-refractivity contribution in [2.24, 2.45) is 0 Å². The van der Waals surface area contributed by atoms with Crippen LogP contribution in [0.2, 0.25) is 10.0 Å². The molecule has 0 saturated heterocycles. The Labute approximate surface area is 218 Å². The zero-order valence-electron chi connectivity index (χ0n) is 20.3. The number of likely N-dealkylation sites (N-methyl/N-ethyl adjacent to an activating group) is 1. The molecule has 10 heteroatoms. The topological polar surface area (TPSA) is 86.8 Å². The van der Waals surface area contributed by atoms with Gasteiger partial charge in [0.15, 0.2) is 0 Å². The average molecular weight is 543 g/mol. The van der Waals surface area contributed by atoms with Gasteiger partial charge in [-0.2, -0.15) is 0 Å². The summed E-state index contributed by atoms with van der Waals surface area (Å²) in [5.41, 5.74) is 1.33. The van der Waals surface area contributed by atoms with E-state index in [-0.39, 0.29) is 41.9 Å². The van der Waals surface area contributed by atoms with Crippen LogP contribution in [-0.4, -0.2) is 57.1 Å². The lowest BCUT2D eigenvalue weighted by atomic mass is 10.1. The number of carbonyl (C=O) groups excluding carboxylic acids is 2. The van der Waals surface area contributed by atoms with Crippen LogP contribution >= 0.6 is 23.2 Å². The Kier molecular flexibility index (Phi) is 11.3. The van der Waals surface area contributed by atoms with E-state index in [0.717, 1.165) is 16.1 Å². The van der Waals surface area contributed by atoms with Crippen LogP contribution in [0.4, 0.5) is 5.69 Å². The predicted molar refractivity (Wildman–Crippen MR) is 143 cm³/mol. The molecule has 2 rings (SSSR count). The molecule has 0 saturated carbocycles. The highest BCUT2D eigenvalue weighted by atomic mass is 35.5. The largest absolute Gasteiger partial charge is 0.355 e. The molecule has 0 fully saturated rings. The monoisotopic (exact) mass is 541 g/mol. The molecular weight excluding hydrogens is 509 g/mol. The first kappa shape index (κ1) is 28.9. The Morgan fingerprint density at radius 3 is 2.31 bits per heavy atom.